The van der Waals surface area contributed by atoms with Crippen LogP contribution < -0.4 is 41.4 Å². The molecule has 5 heterocycles. The van der Waals surface area contributed by atoms with Crippen molar-refractivity contribution < 1.29 is 19.1 Å². The molecule has 248 valence electrons. The fourth-order valence-electron chi connectivity index (χ4n) is 6.33. The third-order valence-corrected chi connectivity index (χ3v) is 8.98. The third kappa shape index (κ3) is 7.54. The van der Waals surface area contributed by atoms with Crippen LogP contribution >= 0.6 is 0 Å². The van der Waals surface area contributed by atoms with Crippen LogP contribution in [-0.4, -0.2) is 54.5 Å². The van der Waals surface area contributed by atoms with Gasteiger partial charge >= 0.3 is 12.1 Å². The Kier molecular flexibility index (Phi) is 9.12. The highest BCUT2D eigenvalue weighted by atomic mass is 16.7. The molecule has 2 aromatic carbocycles. The minimum atomic E-state index is -0.283. The van der Waals surface area contributed by atoms with Crippen LogP contribution in [0.15, 0.2) is 66.7 Å². The van der Waals surface area contributed by atoms with E-state index in [2.05, 4.69) is 50.1 Å². The van der Waals surface area contributed by atoms with E-state index in [9.17, 15) is 9.59 Å². The molecule has 0 bridgehead atoms. The Morgan fingerprint density at radius 1 is 0.792 bits per heavy atom. The van der Waals surface area contributed by atoms with E-state index in [0.717, 1.165) is 60.1 Å². The van der Waals surface area contributed by atoms with Crippen molar-refractivity contribution in [1.29, 1.82) is 0 Å². The summed E-state index contributed by atoms with van der Waals surface area (Å²) in [7, 11) is 0. The van der Waals surface area contributed by atoms with E-state index >= 15 is 0 Å². The maximum atomic E-state index is 12.4. The first-order valence-corrected chi connectivity index (χ1v) is 16.5. The van der Waals surface area contributed by atoms with Crippen molar-refractivity contribution in [3.05, 3.63) is 94.8 Å². The molecule has 12 nitrogen and oxygen atoms in total. The van der Waals surface area contributed by atoms with Gasteiger partial charge in [0.05, 0.1) is 0 Å². The van der Waals surface area contributed by atoms with Gasteiger partial charge in [-0.1, -0.05) is 29.8 Å². The lowest BCUT2D eigenvalue weighted by atomic mass is 9.84. The number of fused-ring (bicyclic) bond motifs is 3. The molecule has 48 heavy (non-hydrogen) atoms. The molecular formula is C36H40N8O4. The minimum absolute atomic E-state index is 0.191. The van der Waals surface area contributed by atoms with Crippen molar-refractivity contribution in [1.82, 2.24) is 20.6 Å². The fraction of sp³-hybridized carbons (Fsp3) is 0.333. The van der Waals surface area contributed by atoms with Crippen LogP contribution in [0.3, 0.4) is 0 Å². The molecule has 4 amide bonds. The first-order chi connectivity index (χ1) is 23.4. The summed E-state index contributed by atoms with van der Waals surface area (Å²) >= 11 is 0. The number of benzene rings is 2. The molecule has 0 saturated heterocycles. The van der Waals surface area contributed by atoms with Gasteiger partial charge in [0.1, 0.15) is 11.6 Å². The summed E-state index contributed by atoms with van der Waals surface area (Å²) < 4.78 is 10.7. The maximum Gasteiger partial charge on any atom is 0.319 e. The number of anilines is 4. The van der Waals surface area contributed by atoms with Crippen molar-refractivity contribution in [3.8, 4) is 11.5 Å². The number of carbonyl (C=O) groups excluding carboxylic acids is 2. The van der Waals surface area contributed by atoms with Crippen LogP contribution in [0.25, 0.3) is 0 Å². The van der Waals surface area contributed by atoms with Crippen molar-refractivity contribution in [3.63, 3.8) is 0 Å². The van der Waals surface area contributed by atoms with Gasteiger partial charge < -0.3 is 41.4 Å². The zero-order chi connectivity index (χ0) is 32.9. The van der Waals surface area contributed by atoms with E-state index in [4.69, 9.17) is 19.4 Å². The molecule has 0 spiro atoms. The normalized spacial score (nSPS) is 17.2. The standard InChI is InChI=1S/C36H40N8O4/c1-22-2-7-26(8-3-22)42-35(45)37-16-14-27-10-5-24-18-25(20-39-33(24)40-27)30-12-6-23-4-9-28(41-34(23)44-30)15-17-38-36(46)43-29-11-13-31-32(19-29)48-21-47-31/h2-5,7-11,13,19,25,30H,6,12,14-18,20-21H2,1H3,(H,39,40)(H,41,44)(H2,37,42,45)(H2,38,43,46). The Morgan fingerprint density at radius 2 is 1.46 bits per heavy atom. The number of urea groups is 2. The van der Waals surface area contributed by atoms with Gasteiger partial charge in [-0.2, -0.15) is 0 Å². The van der Waals surface area contributed by atoms with Gasteiger partial charge in [0.25, 0.3) is 0 Å². The predicted octanol–water partition coefficient (Wildman–Crippen LogP) is 5.25. The van der Waals surface area contributed by atoms with Crippen LogP contribution in [0.2, 0.25) is 0 Å². The lowest BCUT2D eigenvalue weighted by molar-refractivity contribution is 0.174. The molecule has 3 aliphatic heterocycles. The number of nitrogens with one attached hydrogen (secondary N) is 6. The number of ether oxygens (including phenoxy) is 2. The molecule has 0 saturated carbocycles. The Morgan fingerprint density at radius 3 is 2.23 bits per heavy atom. The Bertz CT molecular complexity index is 1800. The summed E-state index contributed by atoms with van der Waals surface area (Å²) in [5.74, 6) is 3.57. The molecule has 3 aliphatic rings. The molecule has 0 aliphatic carbocycles. The van der Waals surface area contributed by atoms with Crippen LogP contribution in [0.5, 0.6) is 11.5 Å². The topological polar surface area (TPSA) is 151 Å². The van der Waals surface area contributed by atoms with Gasteiger partial charge in [0.2, 0.25) is 6.79 Å². The number of hydrogen-bond acceptors (Lipinski definition) is 8. The summed E-state index contributed by atoms with van der Waals surface area (Å²) in [5, 5.41) is 18.8. The summed E-state index contributed by atoms with van der Waals surface area (Å²) in [4.78, 5) is 34.5. The summed E-state index contributed by atoms with van der Waals surface area (Å²) in [5.41, 5.74) is 6.86. The minimum Gasteiger partial charge on any atom is -0.454 e. The van der Waals surface area contributed by atoms with E-state index in [0.29, 0.717) is 55.1 Å². The summed E-state index contributed by atoms with van der Waals surface area (Å²) in [6.07, 6.45) is 4.21. The van der Waals surface area contributed by atoms with Crippen molar-refractivity contribution in [2.75, 3.05) is 47.7 Å². The van der Waals surface area contributed by atoms with Gasteiger partial charge in [-0.15, -0.1) is 0 Å². The second-order valence-corrected chi connectivity index (χ2v) is 12.5. The second kappa shape index (κ2) is 14.1. The summed E-state index contributed by atoms with van der Waals surface area (Å²) in [6, 6.07) is 21.2. The third-order valence-electron chi connectivity index (χ3n) is 8.98. The monoisotopic (exact) mass is 648 g/mol. The summed E-state index contributed by atoms with van der Waals surface area (Å²) in [6.45, 7) is 3.99. The van der Waals surface area contributed by atoms with E-state index in [1.807, 2.05) is 37.3 Å². The number of amides is 4. The number of aromatic nitrogens is 2. The molecule has 2 unspecified atom stereocenters. The molecular weight excluding hydrogens is 608 g/mol. The van der Waals surface area contributed by atoms with E-state index in [-0.39, 0.29) is 18.9 Å². The average Bonchev–Trinajstić information content (AvgIpc) is 3.57. The zero-order valence-electron chi connectivity index (χ0n) is 26.9. The fourth-order valence-corrected chi connectivity index (χ4v) is 6.33. The molecule has 7 rings (SSSR count). The number of nitrogens with zero attached hydrogens (tertiary/aromatic N) is 2. The van der Waals surface area contributed by atoms with E-state index in [1.54, 1.807) is 18.2 Å². The number of aryl methyl sites for hydroxylation is 2. The molecule has 2 aromatic heterocycles. The highest BCUT2D eigenvalue weighted by molar-refractivity contribution is 5.90. The van der Waals surface area contributed by atoms with Crippen LogP contribution in [0.1, 0.15) is 34.5 Å². The zero-order valence-corrected chi connectivity index (χ0v) is 26.9. The smallest absolute Gasteiger partial charge is 0.319 e. The van der Waals surface area contributed by atoms with Gasteiger partial charge in [-0.3, -0.25) is 0 Å². The molecule has 4 aromatic rings. The number of pyridine rings is 2. The van der Waals surface area contributed by atoms with E-state index < -0.39 is 0 Å². The molecule has 12 heteroatoms. The quantitative estimate of drug-likeness (QED) is 0.144. The molecule has 6 N–H and O–H groups in total. The largest absolute Gasteiger partial charge is 0.454 e. The number of carbonyl (C=O) groups is 2. The first kappa shape index (κ1) is 31.1. The molecule has 0 radical (unpaired) electrons. The van der Waals surface area contributed by atoms with Crippen LogP contribution in [0, 0.1) is 12.8 Å². The van der Waals surface area contributed by atoms with Crippen LogP contribution in [-0.2, 0) is 25.7 Å². The Hall–Kier alpha value is -5.52. The van der Waals surface area contributed by atoms with Gasteiger partial charge in [-0.05, 0) is 73.7 Å². The van der Waals surface area contributed by atoms with Crippen molar-refractivity contribution in [2.45, 2.75) is 45.1 Å². The predicted molar refractivity (Wildman–Crippen MR) is 185 cm³/mol. The molecule has 0 fully saturated rings. The Labute approximate surface area is 279 Å². The molecule has 2 atom stereocenters. The lowest BCUT2D eigenvalue weighted by Gasteiger charge is -2.36. The first-order valence-electron chi connectivity index (χ1n) is 16.5. The van der Waals surface area contributed by atoms with Gasteiger partial charge in [0.15, 0.2) is 11.5 Å². The van der Waals surface area contributed by atoms with Crippen molar-refractivity contribution >= 4 is 35.1 Å². The highest BCUT2D eigenvalue weighted by Crippen LogP contribution is 2.34. The average molecular weight is 649 g/mol. The van der Waals surface area contributed by atoms with Crippen molar-refractivity contribution in [2.24, 2.45) is 5.92 Å². The van der Waals surface area contributed by atoms with Gasteiger partial charge in [-0.25, -0.2) is 19.6 Å². The maximum absolute atomic E-state index is 12.4. The SMILES string of the molecule is Cc1ccc(NC(=O)NCCc2ccc3c(n2)NCC(C2CCc4ccc(CCNC(=O)Nc5ccc6c(c5)OCO6)nc4N2)C3)cc1. The van der Waals surface area contributed by atoms with Gasteiger partial charge in [0, 0.05) is 73.3 Å². The lowest BCUT2D eigenvalue weighted by Crippen LogP contribution is -2.40. The van der Waals surface area contributed by atoms with E-state index in [1.165, 1.54) is 11.1 Å². The number of rotatable bonds is 9. The Balaban J connectivity index is 0.864. The van der Waals surface area contributed by atoms with Crippen LogP contribution in [0.4, 0.5) is 32.6 Å². The number of hydrogen-bond donors (Lipinski definition) is 6. The second-order valence-electron chi connectivity index (χ2n) is 12.5. The highest BCUT2D eigenvalue weighted by Gasteiger charge is 2.30.